The van der Waals surface area contributed by atoms with Gasteiger partial charge in [0.05, 0.1) is 6.54 Å². The summed E-state index contributed by atoms with van der Waals surface area (Å²) in [6, 6.07) is 5.71. The molecule has 0 unspecified atom stereocenters. The van der Waals surface area contributed by atoms with E-state index < -0.39 is 0 Å². The Morgan fingerprint density at radius 2 is 2.08 bits per heavy atom. The number of nitrogens with two attached hydrogens (primary N) is 3. The molecule has 0 amide bonds. The van der Waals surface area contributed by atoms with Crippen LogP contribution in [-0.2, 0) is 6.54 Å². The Morgan fingerprint density at radius 1 is 1.38 bits per heavy atom. The highest BCUT2D eigenvalue weighted by Gasteiger charge is 1.96. The Hall–Kier alpha value is -0.980. The van der Waals surface area contributed by atoms with E-state index >= 15 is 0 Å². The van der Waals surface area contributed by atoms with Gasteiger partial charge in [0, 0.05) is 9.26 Å². The van der Waals surface area contributed by atoms with Crippen LogP contribution in [0.1, 0.15) is 5.56 Å². The van der Waals surface area contributed by atoms with Crippen molar-refractivity contribution in [3.8, 4) is 0 Å². The number of benzene rings is 1. The number of aliphatic imine (C=N–C) groups is 1. The molecule has 0 spiro atoms. The van der Waals surface area contributed by atoms with Gasteiger partial charge in [0.15, 0.2) is 5.96 Å². The highest BCUT2D eigenvalue weighted by atomic mass is 123. The van der Waals surface area contributed by atoms with E-state index in [-0.39, 0.29) is 5.96 Å². The van der Waals surface area contributed by atoms with E-state index in [9.17, 15) is 0 Å². The van der Waals surface area contributed by atoms with Crippen LogP contribution in [0.2, 0.25) is 0 Å². The molecule has 0 atom stereocenters. The summed E-state index contributed by atoms with van der Waals surface area (Å²) in [4.78, 5) is 3.89. The lowest BCUT2D eigenvalue weighted by Crippen LogP contribution is -2.22. The van der Waals surface area contributed by atoms with Crippen molar-refractivity contribution >= 4 is 34.2 Å². The summed E-state index contributed by atoms with van der Waals surface area (Å²) in [6.07, 6.45) is 0. The van der Waals surface area contributed by atoms with E-state index in [1.165, 1.54) is 0 Å². The summed E-state index contributed by atoms with van der Waals surface area (Å²) in [7, 11) is 0. The van der Waals surface area contributed by atoms with Crippen LogP contribution in [0.15, 0.2) is 23.2 Å². The summed E-state index contributed by atoms with van der Waals surface area (Å²) < 4.78 is 1.01. The highest BCUT2D eigenvalue weighted by Crippen LogP contribution is 2.16. The smallest absolute Gasteiger partial charge is 0.186 e. The van der Waals surface area contributed by atoms with Gasteiger partial charge >= 0.3 is 0 Å². The first-order valence-electron chi connectivity index (χ1n) is 3.69. The molecule has 1 aromatic rings. The predicted molar refractivity (Wildman–Crippen MR) is 63.1 cm³/mol. The zero-order valence-electron chi connectivity index (χ0n) is 7.00. The fraction of sp³-hybridized carbons (Fsp3) is 0.125. The van der Waals surface area contributed by atoms with E-state index in [2.05, 4.69) is 27.6 Å². The first-order chi connectivity index (χ1) is 6.09. The number of hydrogen-bond acceptors (Lipinski definition) is 2. The second-order valence-corrected chi connectivity index (χ2v) is 3.76. The average Bonchev–Trinajstić information content (AvgIpc) is 2.07. The van der Waals surface area contributed by atoms with Crippen LogP contribution < -0.4 is 17.2 Å². The molecular formula is C8H11IN4. The van der Waals surface area contributed by atoms with Gasteiger partial charge in [-0.15, -0.1) is 0 Å². The van der Waals surface area contributed by atoms with Crippen LogP contribution in [0.25, 0.3) is 0 Å². The highest BCUT2D eigenvalue weighted by molar-refractivity contribution is 14.1. The van der Waals surface area contributed by atoms with E-state index in [4.69, 9.17) is 17.2 Å². The predicted octanol–water partition coefficient (Wildman–Crippen LogP) is 0.647. The van der Waals surface area contributed by atoms with Crippen molar-refractivity contribution in [3.05, 3.63) is 27.3 Å². The molecule has 0 heterocycles. The Morgan fingerprint density at radius 3 is 2.62 bits per heavy atom. The number of anilines is 1. The molecule has 0 aliphatic carbocycles. The third-order valence-electron chi connectivity index (χ3n) is 1.51. The minimum atomic E-state index is 0.104. The van der Waals surface area contributed by atoms with Gasteiger partial charge < -0.3 is 17.2 Å². The van der Waals surface area contributed by atoms with Crippen LogP contribution in [0.4, 0.5) is 5.69 Å². The molecule has 6 N–H and O–H groups in total. The number of guanidine groups is 1. The summed E-state index contributed by atoms with van der Waals surface area (Å²) in [5.74, 6) is 0.104. The maximum absolute atomic E-state index is 5.65. The van der Waals surface area contributed by atoms with Gasteiger partial charge in [0.1, 0.15) is 0 Å². The molecule has 0 saturated heterocycles. The monoisotopic (exact) mass is 286 g/mol. The zero-order valence-corrected chi connectivity index (χ0v) is 9.15. The number of nitrogens with zero attached hydrogens (tertiary/aromatic N) is 1. The number of halogens is 1. The van der Waals surface area contributed by atoms with E-state index in [0.717, 1.165) is 14.8 Å². The SMILES string of the molecule is NC(N)=NCc1ccc(N)c([123I])c1. The Labute approximate surface area is 90.3 Å². The maximum Gasteiger partial charge on any atom is 0.186 e. The largest absolute Gasteiger partial charge is 0.398 e. The van der Waals surface area contributed by atoms with Crippen molar-refractivity contribution in [2.45, 2.75) is 6.54 Å². The third kappa shape index (κ3) is 3.10. The Balaban J connectivity index is 2.80. The summed E-state index contributed by atoms with van der Waals surface area (Å²) >= 11 is 2.17. The Kier molecular flexibility index (Phi) is 3.35. The molecular weight excluding hydrogens is 275 g/mol. The van der Waals surface area contributed by atoms with Crippen molar-refractivity contribution in [2.75, 3.05) is 5.73 Å². The minimum Gasteiger partial charge on any atom is -0.398 e. The van der Waals surface area contributed by atoms with Gasteiger partial charge in [-0.25, -0.2) is 4.99 Å². The van der Waals surface area contributed by atoms with Crippen molar-refractivity contribution < 1.29 is 0 Å². The van der Waals surface area contributed by atoms with Crippen LogP contribution in [0.3, 0.4) is 0 Å². The molecule has 0 radical (unpaired) electrons. The lowest BCUT2D eigenvalue weighted by molar-refractivity contribution is 1.05. The van der Waals surface area contributed by atoms with Gasteiger partial charge in [-0.3, -0.25) is 0 Å². The Bertz CT molecular complexity index is 331. The molecule has 0 saturated carbocycles. The van der Waals surface area contributed by atoms with Crippen molar-refractivity contribution in [3.63, 3.8) is 0 Å². The van der Waals surface area contributed by atoms with Gasteiger partial charge in [-0.1, -0.05) is 6.07 Å². The van der Waals surface area contributed by atoms with E-state index in [0.29, 0.717) is 6.54 Å². The maximum atomic E-state index is 5.65. The zero-order chi connectivity index (χ0) is 9.84. The van der Waals surface area contributed by atoms with Crippen LogP contribution in [-0.4, -0.2) is 5.96 Å². The molecule has 70 valence electrons. The fourth-order valence-electron chi connectivity index (χ4n) is 0.852. The van der Waals surface area contributed by atoms with Crippen molar-refractivity contribution in [2.24, 2.45) is 16.5 Å². The summed E-state index contributed by atoms with van der Waals surface area (Å²) in [5, 5.41) is 0. The molecule has 0 aliphatic rings. The minimum absolute atomic E-state index is 0.104. The second-order valence-electron chi connectivity index (χ2n) is 2.60. The average molecular weight is 286 g/mol. The molecule has 4 nitrogen and oxygen atoms in total. The molecule has 1 rings (SSSR count). The topological polar surface area (TPSA) is 90.4 Å². The number of hydrogen-bond donors (Lipinski definition) is 3. The van der Waals surface area contributed by atoms with Crippen LogP contribution in [0, 0.1) is 3.57 Å². The standard InChI is InChI=1S/C8H11IN4/c9-6-3-5(1-2-7(6)10)4-13-8(11)12/h1-3H,4,10H2,(H4,11,12,13)/i9-4. The number of rotatable bonds is 2. The fourth-order valence-corrected chi connectivity index (χ4v) is 1.43. The molecule has 13 heavy (non-hydrogen) atoms. The summed E-state index contributed by atoms with van der Waals surface area (Å²) in [5.41, 5.74) is 17.9. The van der Waals surface area contributed by atoms with Gasteiger partial charge in [-0.2, -0.15) is 0 Å². The number of nitrogen functional groups attached to an aromatic ring is 1. The molecule has 1 aromatic carbocycles. The van der Waals surface area contributed by atoms with Crippen molar-refractivity contribution in [1.29, 1.82) is 0 Å². The van der Waals surface area contributed by atoms with Crippen LogP contribution in [0.5, 0.6) is 0 Å². The quantitative estimate of drug-likeness (QED) is 0.322. The lowest BCUT2D eigenvalue weighted by Gasteiger charge is -2.01. The van der Waals surface area contributed by atoms with E-state index in [1.807, 2.05) is 18.2 Å². The van der Waals surface area contributed by atoms with Crippen molar-refractivity contribution in [1.82, 2.24) is 0 Å². The molecule has 0 aliphatic heterocycles. The summed E-state index contributed by atoms with van der Waals surface area (Å²) in [6.45, 7) is 0.499. The molecule has 0 bridgehead atoms. The first-order valence-corrected chi connectivity index (χ1v) is 4.77. The van der Waals surface area contributed by atoms with Gasteiger partial charge in [0.2, 0.25) is 0 Å². The van der Waals surface area contributed by atoms with Crippen LogP contribution >= 0.6 is 22.6 Å². The van der Waals surface area contributed by atoms with Gasteiger partial charge in [-0.05, 0) is 40.3 Å². The molecule has 0 fully saturated rings. The normalized spacial score (nSPS) is 9.62. The lowest BCUT2D eigenvalue weighted by atomic mass is 10.2. The molecule has 5 heteroatoms. The van der Waals surface area contributed by atoms with E-state index in [1.54, 1.807) is 0 Å². The van der Waals surface area contributed by atoms with Gasteiger partial charge in [0.25, 0.3) is 0 Å². The molecule has 0 aromatic heterocycles. The second kappa shape index (κ2) is 4.31. The first kappa shape index (κ1) is 10.1. The third-order valence-corrected chi connectivity index (χ3v) is 2.44.